The SMILES string of the molecule is c1cncc(-c2ccc(N(c3ccc4cc5c(cc4c3)sc3ccccc35)c3ccc4cc5c(cc4c3)sc3ccccc35)cc2)c1. The van der Waals surface area contributed by atoms with E-state index in [-0.39, 0.29) is 0 Å². The number of nitrogens with zero attached hydrogens (tertiary/aromatic N) is 2. The van der Waals surface area contributed by atoms with E-state index in [1.165, 1.54) is 61.9 Å². The molecule has 0 N–H and O–H groups in total. The van der Waals surface area contributed by atoms with Crippen LogP contribution in [0.4, 0.5) is 17.1 Å². The number of hydrogen-bond donors (Lipinski definition) is 0. The number of aromatic nitrogens is 1. The monoisotopic (exact) mass is 634 g/mol. The van der Waals surface area contributed by atoms with Gasteiger partial charge in [-0.1, -0.05) is 66.7 Å². The summed E-state index contributed by atoms with van der Waals surface area (Å²) in [7, 11) is 0. The molecule has 0 fully saturated rings. The third-order valence-corrected chi connectivity index (χ3v) is 11.5. The second kappa shape index (κ2) is 10.5. The lowest BCUT2D eigenvalue weighted by molar-refractivity contribution is 1.29. The van der Waals surface area contributed by atoms with Crippen LogP contribution in [0, 0.1) is 0 Å². The van der Waals surface area contributed by atoms with Crippen molar-refractivity contribution in [3.63, 3.8) is 0 Å². The molecule has 10 rings (SSSR count). The molecule has 0 amide bonds. The molecule has 0 saturated carbocycles. The molecule has 47 heavy (non-hydrogen) atoms. The van der Waals surface area contributed by atoms with E-state index in [4.69, 9.17) is 0 Å². The average Bonchev–Trinajstić information content (AvgIpc) is 3.67. The van der Waals surface area contributed by atoms with Crippen LogP contribution < -0.4 is 4.90 Å². The smallest absolute Gasteiger partial charge is 0.0468 e. The van der Waals surface area contributed by atoms with E-state index in [2.05, 4.69) is 149 Å². The van der Waals surface area contributed by atoms with Gasteiger partial charge in [-0.25, -0.2) is 0 Å². The number of anilines is 3. The van der Waals surface area contributed by atoms with Gasteiger partial charge >= 0.3 is 0 Å². The van der Waals surface area contributed by atoms with Crippen LogP contribution in [0.3, 0.4) is 0 Å². The standard InChI is InChI=1S/C43H26N2S2/c1-3-9-40-36(7-1)38-22-28-13-17-34(20-31(28)24-42(38)46-40)45(33-15-11-27(12-16-33)30-6-5-19-44-26-30)35-18-14-29-23-39-37-8-2-4-10-41(37)47-43(39)25-32(29)21-35/h1-26H. The number of fused-ring (bicyclic) bond motifs is 8. The molecule has 0 radical (unpaired) electrons. The lowest BCUT2D eigenvalue weighted by atomic mass is 10.0. The molecule has 0 aliphatic rings. The molecule has 3 heterocycles. The predicted molar refractivity (Wildman–Crippen MR) is 205 cm³/mol. The summed E-state index contributed by atoms with van der Waals surface area (Å²) in [6, 6.07) is 53.5. The Morgan fingerprint density at radius 3 is 1.49 bits per heavy atom. The van der Waals surface area contributed by atoms with Gasteiger partial charge in [-0.3, -0.25) is 4.98 Å². The van der Waals surface area contributed by atoms with Gasteiger partial charge in [-0.15, -0.1) is 22.7 Å². The minimum Gasteiger partial charge on any atom is -0.310 e. The van der Waals surface area contributed by atoms with E-state index in [9.17, 15) is 0 Å². The van der Waals surface area contributed by atoms with Crippen LogP contribution in [0.2, 0.25) is 0 Å². The van der Waals surface area contributed by atoms with Gasteiger partial charge in [0, 0.05) is 69.8 Å². The Morgan fingerprint density at radius 1 is 0.383 bits per heavy atom. The highest BCUT2D eigenvalue weighted by Crippen LogP contribution is 2.42. The van der Waals surface area contributed by atoms with Gasteiger partial charge in [0.25, 0.3) is 0 Å². The molecular formula is C43H26N2S2. The van der Waals surface area contributed by atoms with Gasteiger partial charge < -0.3 is 4.90 Å². The molecule has 0 aliphatic heterocycles. The minimum absolute atomic E-state index is 1.11. The van der Waals surface area contributed by atoms with Crippen LogP contribution in [0.25, 0.3) is 73.0 Å². The third kappa shape index (κ3) is 4.41. The zero-order valence-electron chi connectivity index (χ0n) is 25.2. The largest absolute Gasteiger partial charge is 0.310 e. The van der Waals surface area contributed by atoms with Gasteiger partial charge in [0.05, 0.1) is 0 Å². The molecule has 0 atom stereocenters. The Balaban J connectivity index is 1.15. The zero-order valence-corrected chi connectivity index (χ0v) is 26.9. The fourth-order valence-electron chi connectivity index (χ4n) is 6.97. The summed E-state index contributed by atoms with van der Waals surface area (Å²) in [5, 5.41) is 10.3. The lowest BCUT2D eigenvalue weighted by Gasteiger charge is -2.26. The van der Waals surface area contributed by atoms with E-state index in [0.29, 0.717) is 0 Å². The van der Waals surface area contributed by atoms with Gasteiger partial charge in [-0.2, -0.15) is 0 Å². The number of thiophene rings is 2. The highest BCUT2D eigenvalue weighted by molar-refractivity contribution is 7.26. The predicted octanol–water partition coefficient (Wildman–Crippen LogP) is 13.3. The Hall–Kier alpha value is -5.55. The molecule has 0 aliphatic carbocycles. The van der Waals surface area contributed by atoms with Gasteiger partial charge in [0.15, 0.2) is 0 Å². The molecule has 10 aromatic rings. The topological polar surface area (TPSA) is 16.1 Å². The van der Waals surface area contributed by atoms with Crippen LogP contribution >= 0.6 is 22.7 Å². The van der Waals surface area contributed by atoms with Crippen molar-refractivity contribution in [2.45, 2.75) is 0 Å². The second-order valence-corrected chi connectivity index (χ2v) is 14.2. The van der Waals surface area contributed by atoms with Crippen LogP contribution in [-0.2, 0) is 0 Å². The van der Waals surface area contributed by atoms with Gasteiger partial charge in [-0.05, 0) is 112 Å². The van der Waals surface area contributed by atoms with Gasteiger partial charge in [0.2, 0.25) is 0 Å². The summed E-state index contributed by atoms with van der Waals surface area (Å²) in [4.78, 5) is 6.72. The van der Waals surface area contributed by atoms with Crippen molar-refractivity contribution in [2.75, 3.05) is 4.90 Å². The van der Waals surface area contributed by atoms with Crippen molar-refractivity contribution < 1.29 is 0 Å². The summed E-state index contributed by atoms with van der Waals surface area (Å²) in [6.07, 6.45) is 3.74. The van der Waals surface area contributed by atoms with E-state index < -0.39 is 0 Å². The number of benzene rings is 7. The molecule has 0 unspecified atom stereocenters. The molecule has 0 saturated heterocycles. The first-order chi connectivity index (χ1) is 23.2. The van der Waals surface area contributed by atoms with Crippen molar-refractivity contribution in [3.8, 4) is 11.1 Å². The molecule has 4 heteroatoms. The summed E-state index contributed by atoms with van der Waals surface area (Å²) in [5.41, 5.74) is 5.64. The maximum Gasteiger partial charge on any atom is 0.0468 e. The van der Waals surface area contributed by atoms with Crippen LogP contribution in [0.15, 0.2) is 158 Å². The third-order valence-electron chi connectivity index (χ3n) is 9.28. The average molecular weight is 635 g/mol. The maximum atomic E-state index is 4.33. The summed E-state index contributed by atoms with van der Waals surface area (Å²) in [6.45, 7) is 0. The quantitative estimate of drug-likeness (QED) is 0.191. The Morgan fingerprint density at radius 2 is 0.936 bits per heavy atom. The van der Waals surface area contributed by atoms with Crippen molar-refractivity contribution >= 4 is 102 Å². The van der Waals surface area contributed by atoms with Crippen LogP contribution in [0.1, 0.15) is 0 Å². The lowest BCUT2D eigenvalue weighted by Crippen LogP contribution is -2.09. The van der Waals surface area contributed by atoms with E-state index >= 15 is 0 Å². The Bertz CT molecular complexity index is 2640. The molecule has 3 aromatic heterocycles. The number of pyridine rings is 1. The first kappa shape index (κ1) is 26.6. The van der Waals surface area contributed by atoms with Crippen LogP contribution in [-0.4, -0.2) is 4.98 Å². The zero-order chi connectivity index (χ0) is 30.9. The van der Waals surface area contributed by atoms with Gasteiger partial charge in [0.1, 0.15) is 0 Å². The Labute approximate surface area is 279 Å². The molecule has 0 bridgehead atoms. The molecule has 220 valence electrons. The van der Waals surface area contributed by atoms with E-state index in [0.717, 1.165) is 28.2 Å². The number of hydrogen-bond acceptors (Lipinski definition) is 4. The summed E-state index contributed by atoms with van der Waals surface area (Å²) in [5.74, 6) is 0. The fourth-order valence-corrected chi connectivity index (χ4v) is 9.25. The Kier molecular flexibility index (Phi) is 5.95. The highest BCUT2D eigenvalue weighted by atomic mass is 32.1. The summed E-state index contributed by atoms with van der Waals surface area (Å²) < 4.78 is 5.30. The maximum absolute atomic E-state index is 4.33. The molecule has 7 aromatic carbocycles. The highest BCUT2D eigenvalue weighted by Gasteiger charge is 2.16. The van der Waals surface area contributed by atoms with Crippen molar-refractivity contribution in [2.24, 2.45) is 0 Å². The first-order valence-electron chi connectivity index (χ1n) is 15.8. The van der Waals surface area contributed by atoms with E-state index in [1.54, 1.807) is 0 Å². The first-order valence-corrected chi connectivity index (χ1v) is 17.4. The molecular weight excluding hydrogens is 609 g/mol. The number of rotatable bonds is 4. The van der Waals surface area contributed by atoms with E-state index in [1.807, 2.05) is 41.1 Å². The van der Waals surface area contributed by atoms with Crippen LogP contribution in [0.5, 0.6) is 0 Å². The minimum atomic E-state index is 1.11. The van der Waals surface area contributed by atoms with Crippen molar-refractivity contribution in [1.29, 1.82) is 0 Å². The molecule has 0 spiro atoms. The fraction of sp³-hybridized carbons (Fsp3) is 0. The van der Waals surface area contributed by atoms with Crippen molar-refractivity contribution in [3.05, 3.63) is 158 Å². The van der Waals surface area contributed by atoms with Crippen molar-refractivity contribution in [1.82, 2.24) is 4.98 Å². The normalized spacial score (nSPS) is 11.8. The summed E-state index contributed by atoms with van der Waals surface area (Å²) >= 11 is 3.74. The molecule has 2 nitrogen and oxygen atoms in total. The second-order valence-electron chi connectivity index (χ2n) is 12.1.